The van der Waals surface area contributed by atoms with Crippen LogP contribution in [0.1, 0.15) is 37.0 Å². The number of benzene rings is 1. The number of nitrogens with zero attached hydrogens (tertiary/aromatic N) is 1. The van der Waals surface area contributed by atoms with Crippen molar-refractivity contribution < 1.29 is 19.0 Å². The van der Waals surface area contributed by atoms with Crippen LogP contribution in [0.2, 0.25) is 0 Å². The Bertz CT molecular complexity index is 593. The van der Waals surface area contributed by atoms with Crippen molar-refractivity contribution >= 4 is 5.91 Å². The molecule has 1 amide bonds. The van der Waals surface area contributed by atoms with Crippen molar-refractivity contribution in [2.24, 2.45) is 0 Å². The van der Waals surface area contributed by atoms with E-state index >= 15 is 0 Å². The first kappa shape index (κ1) is 19.1. The van der Waals surface area contributed by atoms with Crippen LogP contribution in [-0.2, 0) is 9.47 Å². The number of ether oxygens (including phenoxy) is 3. The van der Waals surface area contributed by atoms with Crippen LogP contribution in [0.25, 0.3) is 0 Å². The monoisotopic (exact) mass is 362 g/mol. The molecule has 0 aromatic heterocycles. The van der Waals surface area contributed by atoms with Crippen molar-refractivity contribution in [1.82, 2.24) is 10.2 Å². The van der Waals surface area contributed by atoms with Gasteiger partial charge in [0.25, 0.3) is 5.91 Å². The molecule has 26 heavy (non-hydrogen) atoms. The van der Waals surface area contributed by atoms with Gasteiger partial charge in [-0.1, -0.05) is 12.1 Å². The van der Waals surface area contributed by atoms with Gasteiger partial charge in [-0.3, -0.25) is 9.69 Å². The standard InChI is InChI=1S/C20H30N2O4/c1-20(2,22-9-12-24-13-10-22)15-21-19(23)17-7-3-4-8-18(17)26-14-16-6-5-11-25-16/h3-4,7-8,16H,5-6,9-15H2,1-2H3,(H,21,23). The lowest BCUT2D eigenvalue weighted by atomic mass is 10.0. The molecular weight excluding hydrogens is 332 g/mol. The smallest absolute Gasteiger partial charge is 0.255 e. The number of amides is 1. The van der Waals surface area contributed by atoms with Crippen molar-refractivity contribution in [2.45, 2.75) is 38.3 Å². The van der Waals surface area contributed by atoms with Crippen LogP contribution in [0, 0.1) is 0 Å². The third-order valence-electron chi connectivity index (χ3n) is 5.13. The van der Waals surface area contributed by atoms with Crippen LogP contribution in [0.15, 0.2) is 24.3 Å². The summed E-state index contributed by atoms with van der Waals surface area (Å²) in [5, 5.41) is 3.07. The summed E-state index contributed by atoms with van der Waals surface area (Å²) in [6, 6.07) is 7.40. The predicted octanol–water partition coefficient (Wildman–Crippen LogP) is 2.08. The Balaban J connectivity index is 1.56. The SMILES string of the molecule is CC(C)(CNC(=O)c1ccccc1OCC1CCCO1)N1CCOCC1. The highest BCUT2D eigenvalue weighted by Crippen LogP contribution is 2.21. The average molecular weight is 362 g/mol. The number of hydrogen-bond donors (Lipinski definition) is 1. The molecule has 2 saturated heterocycles. The van der Waals surface area contributed by atoms with Gasteiger partial charge in [-0.2, -0.15) is 0 Å². The predicted molar refractivity (Wildman–Crippen MR) is 99.7 cm³/mol. The van der Waals surface area contributed by atoms with Crippen molar-refractivity contribution in [3.8, 4) is 5.75 Å². The Morgan fingerprint density at radius 2 is 2.04 bits per heavy atom. The number of nitrogens with one attached hydrogen (secondary N) is 1. The van der Waals surface area contributed by atoms with Gasteiger partial charge in [0.2, 0.25) is 0 Å². The molecule has 1 N–H and O–H groups in total. The van der Waals surface area contributed by atoms with Crippen molar-refractivity contribution in [2.75, 3.05) is 46.1 Å². The second-order valence-corrected chi connectivity index (χ2v) is 7.54. The van der Waals surface area contributed by atoms with Crippen LogP contribution < -0.4 is 10.1 Å². The highest BCUT2D eigenvalue weighted by atomic mass is 16.5. The number of para-hydroxylation sites is 1. The van der Waals surface area contributed by atoms with E-state index in [1.54, 1.807) is 0 Å². The van der Waals surface area contributed by atoms with E-state index in [1.807, 2.05) is 24.3 Å². The minimum absolute atomic E-state index is 0.103. The highest BCUT2D eigenvalue weighted by Gasteiger charge is 2.29. The second kappa shape index (κ2) is 8.84. The molecule has 2 aliphatic rings. The third-order valence-corrected chi connectivity index (χ3v) is 5.13. The van der Waals surface area contributed by atoms with Gasteiger partial charge >= 0.3 is 0 Å². The van der Waals surface area contributed by atoms with Crippen LogP contribution in [0.4, 0.5) is 0 Å². The summed E-state index contributed by atoms with van der Waals surface area (Å²) in [6.07, 6.45) is 2.22. The number of morpholine rings is 1. The fraction of sp³-hybridized carbons (Fsp3) is 0.650. The first-order valence-corrected chi connectivity index (χ1v) is 9.51. The summed E-state index contributed by atoms with van der Waals surface area (Å²) in [5.74, 6) is 0.513. The highest BCUT2D eigenvalue weighted by molar-refractivity contribution is 5.96. The van der Waals surface area contributed by atoms with Crippen molar-refractivity contribution in [3.63, 3.8) is 0 Å². The molecule has 0 saturated carbocycles. The van der Waals surface area contributed by atoms with Gasteiger partial charge in [0.05, 0.1) is 24.9 Å². The van der Waals surface area contributed by atoms with E-state index < -0.39 is 0 Å². The summed E-state index contributed by atoms with van der Waals surface area (Å²) >= 11 is 0. The molecule has 2 fully saturated rings. The van der Waals surface area contributed by atoms with E-state index in [-0.39, 0.29) is 17.6 Å². The Hall–Kier alpha value is -1.63. The van der Waals surface area contributed by atoms with E-state index in [1.165, 1.54) is 0 Å². The van der Waals surface area contributed by atoms with Gasteiger partial charge in [0.1, 0.15) is 12.4 Å². The van der Waals surface area contributed by atoms with Crippen molar-refractivity contribution in [3.05, 3.63) is 29.8 Å². The summed E-state index contributed by atoms with van der Waals surface area (Å²) in [6.45, 7) is 9.45. The molecule has 2 aliphatic heterocycles. The molecule has 1 unspecified atom stereocenters. The minimum atomic E-state index is -0.118. The molecule has 0 radical (unpaired) electrons. The molecular formula is C20H30N2O4. The van der Waals surface area contributed by atoms with Gasteiger partial charge in [-0.15, -0.1) is 0 Å². The van der Waals surface area contributed by atoms with Gasteiger partial charge in [-0.05, 0) is 38.8 Å². The Kier molecular flexibility index (Phi) is 6.51. The lowest BCUT2D eigenvalue weighted by molar-refractivity contribution is -0.00924. The third kappa shape index (κ3) is 4.96. The number of carbonyl (C=O) groups is 1. The molecule has 1 aromatic carbocycles. The number of rotatable bonds is 7. The van der Waals surface area contributed by atoms with E-state index in [2.05, 4.69) is 24.1 Å². The molecule has 6 heteroatoms. The van der Waals surface area contributed by atoms with Crippen LogP contribution in [0.5, 0.6) is 5.75 Å². The van der Waals surface area contributed by atoms with Crippen LogP contribution in [-0.4, -0.2) is 68.5 Å². The van der Waals surface area contributed by atoms with E-state index in [0.29, 0.717) is 24.5 Å². The largest absolute Gasteiger partial charge is 0.490 e. The maximum atomic E-state index is 12.7. The molecule has 1 atom stereocenters. The summed E-state index contributed by atoms with van der Waals surface area (Å²) < 4.78 is 16.9. The summed E-state index contributed by atoms with van der Waals surface area (Å²) in [5.41, 5.74) is 0.454. The first-order chi connectivity index (χ1) is 12.6. The van der Waals surface area contributed by atoms with Crippen LogP contribution in [0.3, 0.4) is 0 Å². The Morgan fingerprint density at radius 1 is 1.27 bits per heavy atom. The summed E-state index contributed by atoms with van der Waals surface area (Å²) in [7, 11) is 0. The van der Waals surface area contributed by atoms with Crippen molar-refractivity contribution in [1.29, 1.82) is 0 Å². The molecule has 6 nitrogen and oxygen atoms in total. The van der Waals surface area contributed by atoms with Gasteiger partial charge < -0.3 is 19.5 Å². The van der Waals surface area contributed by atoms with Gasteiger partial charge in [-0.25, -0.2) is 0 Å². The topological polar surface area (TPSA) is 60.0 Å². The molecule has 3 rings (SSSR count). The average Bonchev–Trinajstić information content (AvgIpc) is 3.19. The van der Waals surface area contributed by atoms with E-state index in [0.717, 1.165) is 45.8 Å². The Morgan fingerprint density at radius 3 is 2.77 bits per heavy atom. The minimum Gasteiger partial charge on any atom is -0.490 e. The molecule has 0 aliphatic carbocycles. The number of hydrogen-bond acceptors (Lipinski definition) is 5. The molecule has 144 valence electrons. The molecule has 0 spiro atoms. The maximum Gasteiger partial charge on any atom is 0.255 e. The first-order valence-electron chi connectivity index (χ1n) is 9.51. The summed E-state index contributed by atoms with van der Waals surface area (Å²) in [4.78, 5) is 15.1. The fourth-order valence-electron chi connectivity index (χ4n) is 3.41. The normalized spacial score (nSPS) is 21.5. The zero-order valence-corrected chi connectivity index (χ0v) is 15.8. The van der Waals surface area contributed by atoms with Crippen LogP contribution >= 0.6 is 0 Å². The maximum absolute atomic E-state index is 12.7. The second-order valence-electron chi connectivity index (χ2n) is 7.54. The van der Waals surface area contributed by atoms with Gasteiger partial charge in [0, 0.05) is 31.8 Å². The Labute approximate surface area is 155 Å². The van der Waals surface area contributed by atoms with Gasteiger partial charge in [0.15, 0.2) is 0 Å². The lowest BCUT2D eigenvalue weighted by Gasteiger charge is -2.40. The molecule has 2 heterocycles. The molecule has 1 aromatic rings. The quantitative estimate of drug-likeness (QED) is 0.805. The zero-order valence-electron chi connectivity index (χ0n) is 15.8. The number of carbonyl (C=O) groups excluding carboxylic acids is 1. The zero-order chi connectivity index (χ0) is 18.4. The fourth-order valence-corrected chi connectivity index (χ4v) is 3.41. The van der Waals surface area contributed by atoms with E-state index in [4.69, 9.17) is 14.2 Å². The molecule has 0 bridgehead atoms. The van der Waals surface area contributed by atoms with E-state index in [9.17, 15) is 4.79 Å². The lowest BCUT2D eigenvalue weighted by Crippen LogP contribution is -2.55.